The third-order valence-corrected chi connectivity index (χ3v) is 7.62. The monoisotopic (exact) mass is 498 g/mol. The van der Waals surface area contributed by atoms with Crippen LogP contribution in [0, 0.1) is 0 Å². The van der Waals surface area contributed by atoms with Gasteiger partial charge in [-0.3, -0.25) is 18.2 Å². The average Bonchev–Trinajstić information content (AvgIpc) is 2.54. The molecule has 16 heteroatoms. The minimum Gasteiger partial charge on any atom is -0.282 e. The van der Waals surface area contributed by atoms with E-state index in [-0.39, 0.29) is 5.39 Å². The first-order valence-corrected chi connectivity index (χ1v) is 13.1. The highest BCUT2D eigenvalue weighted by Crippen LogP contribution is 2.36. The Morgan fingerprint density at radius 3 is 1.30 bits per heavy atom. The van der Waals surface area contributed by atoms with Gasteiger partial charge in [0.25, 0.3) is 40.5 Å². The molecule has 0 amide bonds. The van der Waals surface area contributed by atoms with E-state index in [9.17, 15) is 51.9 Å². The maximum absolute atomic E-state index is 11.7. The van der Waals surface area contributed by atoms with Crippen molar-refractivity contribution in [1.29, 1.82) is 0 Å². The van der Waals surface area contributed by atoms with Crippen LogP contribution in [0.15, 0.2) is 56.0 Å². The van der Waals surface area contributed by atoms with Crippen molar-refractivity contribution in [3.63, 3.8) is 0 Å². The minimum absolute atomic E-state index is 0.359. The molecule has 162 valence electrons. The fourth-order valence-corrected chi connectivity index (χ4v) is 5.62. The Hall–Kier alpha value is -2.18. The van der Waals surface area contributed by atoms with Crippen LogP contribution < -0.4 is 0 Å². The zero-order valence-electron chi connectivity index (χ0n) is 14.2. The second-order valence-electron chi connectivity index (χ2n) is 6.00. The largest absolute Gasteiger partial charge is 0.295 e. The lowest BCUT2D eigenvalue weighted by atomic mass is 10.0. The van der Waals surface area contributed by atoms with Crippen molar-refractivity contribution in [2.45, 2.75) is 19.6 Å². The molecule has 12 nitrogen and oxygen atoms in total. The summed E-state index contributed by atoms with van der Waals surface area (Å²) in [5.41, 5.74) is 0. The molecule has 0 unspecified atom stereocenters. The van der Waals surface area contributed by atoms with E-state index in [1.165, 1.54) is 0 Å². The average molecular weight is 498 g/mol. The van der Waals surface area contributed by atoms with Crippen LogP contribution in [0.25, 0.3) is 21.5 Å². The van der Waals surface area contributed by atoms with E-state index >= 15 is 0 Å². The second kappa shape index (κ2) is 6.66. The lowest BCUT2D eigenvalue weighted by molar-refractivity contribution is 0.479. The Morgan fingerprint density at radius 1 is 0.467 bits per heavy atom. The Labute approximate surface area is 169 Å². The normalized spacial score (nSPS) is 13.7. The van der Waals surface area contributed by atoms with Gasteiger partial charge in [-0.1, -0.05) is 0 Å². The van der Waals surface area contributed by atoms with Gasteiger partial charge in [-0.25, -0.2) is 0 Å². The maximum atomic E-state index is 11.7. The Balaban J connectivity index is 2.72. The Morgan fingerprint density at radius 2 is 0.900 bits per heavy atom. The van der Waals surface area contributed by atoms with Crippen LogP contribution in [-0.4, -0.2) is 51.9 Å². The molecule has 0 spiro atoms. The molecule has 3 rings (SSSR count). The van der Waals surface area contributed by atoms with Crippen LogP contribution >= 0.6 is 0 Å². The topological polar surface area (TPSA) is 217 Å². The molecule has 3 aromatic carbocycles. The summed E-state index contributed by atoms with van der Waals surface area (Å²) in [5, 5.41) is -1.89. The van der Waals surface area contributed by atoms with Crippen molar-refractivity contribution in [2.75, 3.05) is 0 Å². The van der Waals surface area contributed by atoms with Gasteiger partial charge in [-0.05, 0) is 41.8 Å². The molecule has 0 aliphatic carbocycles. The fraction of sp³-hybridized carbons (Fsp3) is 0. The Kier molecular flexibility index (Phi) is 4.99. The zero-order chi connectivity index (χ0) is 22.9. The van der Waals surface area contributed by atoms with Crippen LogP contribution in [0.2, 0.25) is 0 Å². The molecule has 0 saturated heterocycles. The van der Waals surface area contributed by atoms with Crippen molar-refractivity contribution in [3.8, 4) is 0 Å². The molecule has 0 aromatic heterocycles. The lowest BCUT2D eigenvalue weighted by Crippen LogP contribution is -2.06. The van der Waals surface area contributed by atoms with Crippen LogP contribution in [-0.2, 0) is 40.5 Å². The molecule has 0 atom stereocenters. The highest BCUT2D eigenvalue weighted by Gasteiger charge is 2.25. The van der Waals surface area contributed by atoms with Gasteiger partial charge in [0, 0.05) is 16.2 Å². The van der Waals surface area contributed by atoms with Gasteiger partial charge in [-0.2, -0.15) is 33.7 Å². The van der Waals surface area contributed by atoms with Crippen LogP contribution in [0.5, 0.6) is 0 Å². The number of benzene rings is 3. The van der Waals surface area contributed by atoms with Crippen molar-refractivity contribution >= 4 is 62.0 Å². The molecular weight excluding hydrogens is 488 g/mol. The van der Waals surface area contributed by atoms with Crippen molar-refractivity contribution in [1.82, 2.24) is 0 Å². The molecule has 0 bridgehead atoms. The summed E-state index contributed by atoms with van der Waals surface area (Å²) < 4.78 is 131. The number of fused-ring (bicyclic) bond motifs is 2. The summed E-state index contributed by atoms with van der Waals surface area (Å²) in [6.45, 7) is 0. The summed E-state index contributed by atoms with van der Waals surface area (Å²) in [7, 11) is -20.0. The summed E-state index contributed by atoms with van der Waals surface area (Å²) in [6, 6.07) is 4.01. The van der Waals surface area contributed by atoms with Gasteiger partial charge in [-0.15, -0.1) is 0 Å². The summed E-state index contributed by atoms with van der Waals surface area (Å²) >= 11 is 0. The third kappa shape index (κ3) is 4.03. The van der Waals surface area contributed by atoms with Gasteiger partial charge in [0.05, 0.1) is 4.90 Å². The van der Waals surface area contributed by atoms with E-state index in [4.69, 9.17) is 0 Å². The van der Waals surface area contributed by atoms with Crippen molar-refractivity contribution in [2.24, 2.45) is 0 Å². The summed E-state index contributed by atoms with van der Waals surface area (Å²) in [5.74, 6) is 0. The highest BCUT2D eigenvalue weighted by molar-refractivity contribution is 7.87. The van der Waals surface area contributed by atoms with Crippen molar-refractivity contribution in [3.05, 3.63) is 36.4 Å². The maximum Gasteiger partial charge on any atom is 0.295 e. The summed E-state index contributed by atoms with van der Waals surface area (Å²) in [4.78, 5) is -3.71. The van der Waals surface area contributed by atoms with E-state index in [0.717, 1.165) is 18.2 Å². The number of hydrogen-bond acceptors (Lipinski definition) is 8. The number of rotatable bonds is 4. The molecule has 30 heavy (non-hydrogen) atoms. The smallest absolute Gasteiger partial charge is 0.282 e. The van der Waals surface area contributed by atoms with Gasteiger partial charge >= 0.3 is 0 Å². The van der Waals surface area contributed by atoms with Gasteiger partial charge < -0.3 is 0 Å². The van der Waals surface area contributed by atoms with Gasteiger partial charge in [0.15, 0.2) is 0 Å². The van der Waals surface area contributed by atoms with Crippen LogP contribution in [0.4, 0.5) is 0 Å². The van der Waals surface area contributed by atoms with E-state index in [0.29, 0.717) is 18.2 Å². The van der Waals surface area contributed by atoms with Gasteiger partial charge in [0.1, 0.15) is 14.7 Å². The lowest BCUT2D eigenvalue weighted by Gasteiger charge is -2.12. The third-order valence-electron chi connectivity index (χ3n) is 4.07. The first kappa shape index (κ1) is 22.5. The predicted octanol–water partition coefficient (Wildman–Crippen LogP) is 0.980. The highest BCUT2D eigenvalue weighted by atomic mass is 32.2. The van der Waals surface area contributed by atoms with Gasteiger partial charge in [0.2, 0.25) is 0 Å². The van der Waals surface area contributed by atoms with Crippen molar-refractivity contribution < 1.29 is 51.9 Å². The molecule has 0 heterocycles. The first-order chi connectivity index (χ1) is 13.4. The van der Waals surface area contributed by atoms with E-state index in [2.05, 4.69) is 0 Å². The molecule has 0 saturated carbocycles. The number of hydrogen-bond donors (Lipinski definition) is 4. The van der Waals surface area contributed by atoms with E-state index in [1.54, 1.807) is 0 Å². The predicted molar refractivity (Wildman–Crippen MR) is 101 cm³/mol. The molecule has 0 radical (unpaired) electrons. The molecular formula is C14H10O12S4. The molecule has 0 fully saturated rings. The van der Waals surface area contributed by atoms with Crippen LogP contribution in [0.3, 0.4) is 0 Å². The zero-order valence-corrected chi connectivity index (χ0v) is 17.4. The fourth-order valence-electron chi connectivity index (χ4n) is 2.90. The standard InChI is InChI=1S/C14H10O12S4/c15-27(16,17)8-3-7-4-10-11(6-9(7)14(5-8)30(24,25)26)13(29(21,22)23)2-1-12(10)28(18,19)20/h1-6H,(H,15,16,17)(H,18,19,20)(H,21,22,23)(H,24,25,26). The van der Waals surface area contributed by atoms with E-state index in [1.807, 2.05) is 0 Å². The molecule has 0 aliphatic rings. The molecule has 3 aromatic rings. The minimum atomic E-state index is -5.12. The second-order valence-corrected chi connectivity index (χ2v) is 11.6. The first-order valence-electron chi connectivity index (χ1n) is 7.35. The summed E-state index contributed by atoms with van der Waals surface area (Å²) in [6.07, 6.45) is 0. The quantitative estimate of drug-likeness (QED) is 0.292. The van der Waals surface area contributed by atoms with Crippen LogP contribution in [0.1, 0.15) is 0 Å². The SMILES string of the molecule is O=S(=O)(O)c1cc(S(=O)(=O)O)c2cc3c(S(=O)(=O)O)ccc(S(=O)(=O)O)c3cc2c1. The molecule has 4 N–H and O–H groups in total. The van der Waals surface area contributed by atoms with E-state index < -0.39 is 76.2 Å². The Bertz CT molecular complexity index is 1670. The molecule has 0 aliphatic heterocycles.